The van der Waals surface area contributed by atoms with Crippen molar-refractivity contribution < 1.29 is 4.52 Å². The second-order valence-electron chi connectivity index (χ2n) is 7.87. The molecular formula is C22H23BrN8O2. The highest BCUT2D eigenvalue weighted by molar-refractivity contribution is 9.10. The summed E-state index contributed by atoms with van der Waals surface area (Å²) in [5, 5.41) is 12.7. The van der Waals surface area contributed by atoms with Gasteiger partial charge in [0, 0.05) is 24.9 Å². The Morgan fingerprint density at radius 2 is 1.91 bits per heavy atom. The van der Waals surface area contributed by atoms with Gasteiger partial charge in [-0.2, -0.15) is 4.98 Å². The van der Waals surface area contributed by atoms with Crippen LogP contribution in [0.15, 0.2) is 44.4 Å². The molecule has 33 heavy (non-hydrogen) atoms. The van der Waals surface area contributed by atoms with E-state index in [0.29, 0.717) is 65.0 Å². The number of rotatable bonds is 9. The van der Waals surface area contributed by atoms with Gasteiger partial charge in [-0.1, -0.05) is 55.3 Å². The highest BCUT2D eigenvalue weighted by atomic mass is 79.9. The van der Waals surface area contributed by atoms with Crippen LogP contribution in [0.1, 0.15) is 44.3 Å². The number of hydrogen-bond donors (Lipinski definition) is 1. The summed E-state index contributed by atoms with van der Waals surface area (Å²) in [5.74, 6) is 2.25. The number of fused-ring (bicyclic) bond motifs is 2. The van der Waals surface area contributed by atoms with Crippen LogP contribution in [0, 0.1) is 0 Å². The molecule has 0 saturated carbocycles. The van der Waals surface area contributed by atoms with Crippen molar-refractivity contribution in [3.05, 3.63) is 57.1 Å². The molecule has 0 aliphatic carbocycles. The third-order valence-electron chi connectivity index (χ3n) is 5.56. The lowest BCUT2D eigenvalue weighted by molar-refractivity contribution is 0.375. The number of hydrogen-bond acceptors (Lipinski definition) is 7. The number of aryl methyl sites for hydroxylation is 3. The molecular weight excluding hydrogens is 488 g/mol. The summed E-state index contributed by atoms with van der Waals surface area (Å²) < 4.78 is 9.47. The Balaban J connectivity index is 1.39. The zero-order valence-corrected chi connectivity index (χ0v) is 19.7. The molecule has 0 aliphatic rings. The van der Waals surface area contributed by atoms with Gasteiger partial charge >= 0.3 is 0 Å². The van der Waals surface area contributed by atoms with E-state index >= 15 is 0 Å². The van der Waals surface area contributed by atoms with E-state index < -0.39 is 0 Å². The summed E-state index contributed by atoms with van der Waals surface area (Å²) in [6.45, 7) is 2.87. The highest BCUT2D eigenvalue weighted by Gasteiger charge is 2.19. The zero-order valence-electron chi connectivity index (χ0n) is 18.2. The molecule has 4 heterocycles. The summed E-state index contributed by atoms with van der Waals surface area (Å²) in [6.07, 6.45) is 4.98. The molecule has 11 heteroatoms. The quantitative estimate of drug-likeness (QED) is 0.235. The van der Waals surface area contributed by atoms with Crippen LogP contribution >= 0.6 is 15.9 Å². The molecule has 170 valence electrons. The molecule has 1 N–H and O–H groups in total. The van der Waals surface area contributed by atoms with Crippen LogP contribution in [0.2, 0.25) is 0 Å². The smallest absolute Gasteiger partial charge is 0.286 e. The maximum atomic E-state index is 13.2. The fourth-order valence-corrected chi connectivity index (χ4v) is 4.29. The van der Waals surface area contributed by atoms with E-state index in [1.165, 1.54) is 0 Å². The van der Waals surface area contributed by atoms with Gasteiger partial charge in [-0.25, -0.2) is 9.38 Å². The molecule has 5 rings (SSSR count). The van der Waals surface area contributed by atoms with Crippen molar-refractivity contribution in [3.8, 4) is 11.4 Å². The molecule has 0 atom stereocenters. The first-order valence-corrected chi connectivity index (χ1v) is 11.8. The van der Waals surface area contributed by atoms with Gasteiger partial charge in [-0.15, -0.1) is 10.2 Å². The number of nitrogens with one attached hydrogen (secondary N) is 1. The van der Waals surface area contributed by atoms with Gasteiger partial charge in [0.1, 0.15) is 5.82 Å². The predicted molar refractivity (Wildman–Crippen MR) is 126 cm³/mol. The van der Waals surface area contributed by atoms with Crippen LogP contribution in [-0.4, -0.2) is 39.3 Å². The van der Waals surface area contributed by atoms with Gasteiger partial charge in [0.15, 0.2) is 15.9 Å². The molecule has 0 unspecified atom stereocenters. The Morgan fingerprint density at radius 3 is 2.73 bits per heavy atom. The largest absolute Gasteiger partial charge is 0.339 e. The molecule has 0 spiro atoms. The van der Waals surface area contributed by atoms with Crippen molar-refractivity contribution in [2.24, 2.45) is 0 Å². The van der Waals surface area contributed by atoms with Gasteiger partial charge in [0.2, 0.25) is 17.5 Å². The second-order valence-corrected chi connectivity index (χ2v) is 8.62. The van der Waals surface area contributed by atoms with E-state index in [-0.39, 0.29) is 5.56 Å². The summed E-state index contributed by atoms with van der Waals surface area (Å²) in [6, 6.07) is 9.70. The van der Waals surface area contributed by atoms with Crippen LogP contribution in [0.3, 0.4) is 0 Å². The summed E-state index contributed by atoms with van der Waals surface area (Å²) in [7, 11) is 0. The second kappa shape index (κ2) is 9.26. The Bertz CT molecular complexity index is 1450. The molecule has 1 aromatic carbocycles. The topological polar surface area (TPSA) is 120 Å². The fraction of sp³-hybridized carbons (Fsp3) is 0.364. The first kappa shape index (κ1) is 21.5. The van der Waals surface area contributed by atoms with Crippen molar-refractivity contribution in [3.63, 3.8) is 0 Å². The van der Waals surface area contributed by atoms with E-state index in [1.807, 2.05) is 34.9 Å². The fourth-order valence-electron chi connectivity index (χ4n) is 3.92. The lowest BCUT2D eigenvalue weighted by Gasteiger charge is -2.09. The maximum Gasteiger partial charge on any atom is 0.286 e. The average molecular weight is 511 g/mol. The summed E-state index contributed by atoms with van der Waals surface area (Å²) in [4.78, 5) is 25.2. The number of halogens is 1. The molecule has 0 bridgehead atoms. The molecule has 10 nitrogen and oxygen atoms in total. The number of H-pyrrole nitrogens is 1. The van der Waals surface area contributed by atoms with Gasteiger partial charge in [0.25, 0.3) is 5.56 Å². The lowest BCUT2D eigenvalue weighted by Crippen LogP contribution is -2.21. The summed E-state index contributed by atoms with van der Waals surface area (Å²) >= 11 is 3.35. The van der Waals surface area contributed by atoms with E-state index in [2.05, 4.69) is 53.2 Å². The Morgan fingerprint density at radius 1 is 1.06 bits per heavy atom. The minimum Gasteiger partial charge on any atom is -0.339 e. The first-order chi connectivity index (χ1) is 16.2. The minimum atomic E-state index is -0.200. The number of aromatic amines is 1. The lowest BCUT2D eigenvalue weighted by atomic mass is 10.2. The van der Waals surface area contributed by atoms with Gasteiger partial charge in [-0.3, -0.25) is 9.36 Å². The number of unbranched alkanes of at least 4 members (excludes halogenated alkanes) is 2. The predicted octanol–water partition coefficient (Wildman–Crippen LogP) is 3.95. The highest BCUT2D eigenvalue weighted by Crippen LogP contribution is 2.18. The molecule has 4 aromatic heterocycles. The van der Waals surface area contributed by atoms with E-state index in [9.17, 15) is 4.79 Å². The normalized spacial score (nSPS) is 11.7. The molecule has 5 aromatic rings. The van der Waals surface area contributed by atoms with E-state index in [0.717, 1.165) is 24.8 Å². The molecule has 0 saturated heterocycles. The van der Waals surface area contributed by atoms with E-state index in [4.69, 9.17) is 4.52 Å². The number of nitrogens with zero attached hydrogens (tertiary/aromatic N) is 7. The van der Waals surface area contributed by atoms with Crippen molar-refractivity contribution in [1.82, 2.24) is 39.3 Å². The summed E-state index contributed by atoms with van der Waals surface area (Å²) in [5.41, 5.74) is 1.74. The molecule has 0 amide bonds. The van der Waals surface area contributed by atoms with Gasteiger partial charge in [-0.05, 0) is 28.8 Å². The third-order valence-corrected chi connectivity index (χ3v) is 5.93. The van der Waals surface area contributed by atoms with Crippen LogP contribution in [0.25, 0.3) is 28.3 Å². The monoisotopic (exact) mass is 510 g/mol. The van der Waals surface area contributed by atoms with Crippen molar-refractivity contribution in [1.29, 1.82) is 0 Å². The standard InChI is InChI=1S/C22H23BrN8O2/c1-2-3-7-13-30-19-17(25-21(23)26-19)20(32)31-15(27-28-22(30)31)11-8-12-16-24-18(29-33-16)14-9-5-4-6-10-14/h4-6,9-10H,2-3,7-8,11-13H2,1H3,(H,25,26). The Hall–Kier alpha value is -3.34. The Kier molecular flexibility index (Phi) is 6.03. The Labute approximate surface area is 197 Å². The number of aromatic nitrogens is 8. The zero-order chi connectivity index (χ0) is 22.8. The molecule has 0 fully saturated rings. The van der Waals surface area contributed by atoms with Crippen LogP contribution < -0.4 is 5.56 Å². The number of imidazole rings is 1. The van der Waals surface area contributed by atoms with Crippen LogP contribution in [0.5, 0.6) is 0 Å². The first-order valence-electron chi connectivity index (χ1n) is 11.1. The van der Waals surface area contributed by atoms with Crippen molar-refractivity contribution in [2.45, 2.75) is 52.0 Å². The molecule has 0 aliphatic heterocycles. The van der Waals surface area contributed by atoms with Crippen LogP contribution in [0.4, 0.5) is 0 Å². The van der Waals surface area contributed by atoms with Crippen molar-refractivity contribution >= 4 is 32.9 Å². The minimum absolute atomic E-state index is 0.200. The maximum absolute atomic E-state index is 13.2. The SMILES string of the molecule is CCCCCn1c2nc(Br)[nH]c2c(=O)n2c(CCCc3nc(-c4ccccc4)no3)nnc12. The van der Waals surface area contributed by atoms with Gasteiger partial charge in [0.05, 0.1) is 0 Å². The van der Waals surface area contributed by atoms with Crippen LogP contribution in [-0.2, 0) is 19.4 Å². The van der Waals surface area contributed by atoms with Crippen molar-refractivity contribution in [2.75, 3.05) is 0 Å². The van der Waals surface area contributed by atoms with E-state index in [1.54, 1.807) is 4.40 Å². The average Bonchev–Trinajstić information content (AvgIpc) is 3.56. The molecule has 0 radical (unpaired) electrons. The number of benzene rings is 1. The van der Waals surface area contributed by atoms with Gasteiger partial charge < -0.3 is 9.51 Å². The third kappa shape index (κ3) is 4.20.